The molecule has 0 radical (unpaired) electrons. The first-order valence-corrected chi connectivity index (χ1v) is 6.51. The molecule has 21 heavy (non-hydrogen) atoms. The summed E-state index contributed by atoms with van der Waals surface area (Å²) >= 11 is 6.02. The molecule has 0 aliphatic heterocycles. The lowest BCUT2D eigenvalue weighted by Gasteiger charge is -2.19. The van der Waals surface area contributed by atoms with E-state index in [1.807, 2.05) is 0 Å². The fourth-order valence-corrected chi connectivity index (χ4v) is 2.10. The second kappa shape index (κ2) is 6.10. The average molecular weight is 311 g/mol. The molecule has 2 aromatic rings. The number of hydrogen-bond donors (Lipinski definition) is 1. The van der Waals surface area contributed by atoms with Crippen molar-refractivity contribution < 1.29 is 13.6 Å². The summed E-state index contributed by atoms with van der Waals surface area (Å²) in [6.07, 6.45) is 0. The van der Waals surface area contributed by atoms with E-state index in [4.69, 9.17) is 17.3 Å². The Morgan fingerprint density at radius 1 is 1.24 bits per heavy atom. The van der Waals surface area contributed by atoms with E-state index in [2.05, 4.69) is 0 Å². The molecule has 0 unspecified atom stereocenters. The van der Waals surface area contributed by atoms with Crippen LogP contribution in [0.25, 0.3) is 0 Å². The number of amides is 1. The highest BCUT2D eigenvalue weighted by atomic mass is 35.5. The normalized spacial score (nSPS) is 10.5. The lowest BCUT2D eigenvalue weighted by Crippen LogP contribution is -2.27. The number of hydrogen-bond acceptors (Lipinski definition) is 2. The van der Waals surface area contributed by atoms with Gasteiger partial charge in [0.05, 0.1) is 5.56 Å². The summed E-state index contributed by atoms with van der Waals surface area (Å²) in [6.45, 7) is 0.233. The first-order valence-electron chi connectivity index (χ1n) is 6.13. The molecule has 6 heteroatoms. The van der Waals surface area contributed by atoms with E-state index in [0.29, 0.717) is 5.02 Å². The zero-order chi connectivity index (χ0) is 15.6. The number of nitrogen functional groups attached to an aromatic ring is 1. The summed E-state index contributed by atoms with van der Waals surface area (Å²) in [4.78, 5) is 13.6. The Kier molecular flexibility index (Phi) is 4.43. The number of nitrogens with zero attached hydrogens (tertiary/aromatic N) is 1. The number of benzene rings is 2. The fraction of sp³-hybridized carbons (Fsp3) is 0.133. The van der Waals surface area contributed by atoms with Crippen molar-refractivity contribution in [1.29, 1.82) is 0 Å². The van der Waals surface area contributed by atoms with Crippen molar-refractivity contribution >= 4 is 23.2 Å². The molecule has 2 rings (SSSR count). The van der Waals surface area contributed by atoms with E-state index in [1.165, 1.54) is 11.9 Å². The topological polar surface area (TPSA) is 46.3 Å². The van der Waals surface area contributed by atoms with Crippen LogP contribution in [-0.4, -0.2) is 17.9 Å². The summed E-state index contributed by atoms with van der Waals surface area (Å²) in [6, 6.07) is 8.66. The Balaban J connectivity index is 2.24. The molecule has 0 fully saturated rings. The van der Waals surface area contributed by atoms with Crippen molar-refractivity contribution in [3.63, 3.8) is 0 Å². The second-order valence-corrected chi connectivity index (χ2v) is 5.01. The van der Waals surface area contributed by atoms with Crippen LogP contribution < -0.4 is 5.73 Å². The van der Waals surface area contributed by atoms with Gasteiger partial charge in [0.1, 0.15) is 0 Å². The first kappa shape index (κ1) is 15.3. The van der Waals surface area contributed by atoms with Gasteiger partial charge >= 0.3 is 0 Å². The lowest BCUT2D eigenvalue weighted by molar-refractivity contribution is 0.0785. The van der Waals surface area contributed by atoms with Gasteiger partial charge in [0, 0.05) is 30.4 Å². The molecule has 0 heterocycles. The second-order valence-electron chi connectivity index (χ2n) is 4.61. The van der Waals surface area contributed by atoms with Crippen LogP contribution >= 0.6 is 11.6 Å². The third-order valence-corrected chi connectivity index (χ3v) is 3.40. The van der Waals surface area contributed by atoms with Gasteiger partial charge in [-0.25, -0.2) is 8.78 Å². The van der Waals surface area contributed by atoms with Gasteiger partial charge < -0.3 is 10.6 Å². The highest BCUT2D eigenvalue weighted by Gasteiger charge is 2.18. The number of carbonyl (C=O) groups excluding carboxylic acids is 1. The van der Waals surface area contributed by atoms with Gasteiger partial charge in [-0.05, 0) is 17.7 Å². The Hall–Kier alpha value is -2.14. The van der Waals surface area contributed by atoms with Gasteiger partial charge in [-0.15, -0.1) is 0 Å². The van der Waals surface area contributed by atoms with Crippen molar-refractivity contribution in [3.05, 3.63) is 64.2 Å². The molecule has 0 aliphatic carbocycles. The molecule has 0 saturated carbocycles. The zero-order valence-electron chi connectivity index (χ0n) is 11.2. The fourth-order valence-electron chi connectivity index (χ4n) is 1.91. The van der Waals surface area contributed by atoms with E-state index in [9.17, 15) is 13.6 Å². The minimum absolute atomic E-state index is 0.0801. The van der Waals surface area contributed by atoms with Crippen LogP contribution in [0.3, 0.4) is 0 Å². The minimum atomic E-state index is -1.11. The predicted molar refractivity (Wildman–Crippen MR) is 78.0 cm³/mol. The molecule has 110 valence electrons. The summed E-state index contributed by atoms with van der Waals surface area (Å²) < 4.78 is 26.3. The highest BCUT2D eigenvalue weighted by Crippen LogP contribution is 2.21. The Labute approximate surface area is 125 Å². The monoisotopic (exact) mass is 310 g/mol. The van der Waals surface area contributed by atoms with Crippen molar-refractivity contribution in [1.82, 2.24) is 4.90 Å². The van der Waals surface area contributed by atoms with Gasteiger partial charge in [0.25, 0.3) is 5.91 Å². The molecule has 0 saturated heterocycles. The standard InChI is InChI=1S/C15H13ClF2N2O/c1-20(8-9-4-2-3-5-11(9)16)15(21)10-6-12(17)13(18)7-14(10)19/h2-7H,8,19H2,1H3. The lowest BCUT2D eigenvalue weighted by atomic mass is 10.1. The summed E-state index contributed by atoms with van der Waals surface area (Å²) in [7, 11) is 1.53. The maximum Gasteiger partial charge on any atom is 0.256 e. The van der Waals surface area contributed by atoms with E-state index in [-0.39, 0.29) is 17.8 Å². The van der Waals surface area contributed by atoms with E-state index in [1.54, 1.807) is 24.3 Å². The van der Waals surface area contributed by atoms with E-state index >= 15 is 0 Å². The summed E-state index contributed by atoms with van der Waals surface area (Å²) in [5.41, 5.74) is 6.13. The van der Waals surface area contributed by atoms with Crippen LogP contribution in [0.2, 0.25) is 5.02 Å². The zero-order valence-corrected chi connectivity index (χ0v) is 12.0. The van der Waals surface area contributed by atoms with Gasteiger partial charge in [-0.2, -0.15) is 0 Å². The van der Waals surface area contributed by atoms with Crippen LogP contribution in [-0.2, 0) is 6.54 Å². The molecule has 2 aromatic carbocycles. The number of nitrogens with two attached hydrogens (primary N) is 1. The van der Waals surface area contributed by atoms with Crippen LogP contribution in [0, 0.1) is 11.6 Å². The van der Waals surface area contributed by atoms with Crippen molar-refractivity contribution in [3.8, 4) is 0 Å². The van der Waals surface area contributed by atoms with Crippen molar-refractivity contribution in [2.45, 2.75) is 6.54 Å². The van der Waals surface area contributed by atoms with Crippen LogP contribution in [0.4, 0.5) is 14.5 Å². The predicted octanol–water partition coefficient (Wildman–Crippen LogP) is 3.47. The summed E-state index contributed by atoms with van der Waals surface area (Å²) in [5.74, 6) is -2.71. The van der Waals surface area contributed by atoms with Crippen LogP contribution in [0.15, 0.2) is 36.4 Å². The maximum absolute atomic E-state index is 13.3. The molecule has 0 aliphatic rings. The Morgan fingerprint density at radius 3 is 2.52 bits per heavy atom. The van der Waals surface area contributed by atoms with Crippen LogP contribution in [0.5, 0.6) is 0 Å². The van der Waals surface area contributed by atoms with Crippen LogP contribution in [0.1, 0.15) is 15.9 Å². The SMILES string of the molecule is CN(Cc1ccccc1Cl)C(=O)c1cc(F)c(F)cc1N. The highest BCUT2D eigenvalue weighted by molar-refractivity contribution is 6.31. The van der Waals surface area contributed by atoms with Gasteiger partial charge in [0.2, 0.25) is 0 Å². The van der Waals surface area contributed by atoms with Gasteiger partial charge in [0.15, 0.2) is 11.6 Å². The molecule has 0 bridgehead atoms. The first-order chi connectivity index (χ1) is 9.90. The molecule has 0 atom stereocenters. The number of rotatable bonds is 3. The molecule has 0 spiro atoms. The van der Waals surface area contributed by atoms with E-state index < -0.39 is 17.5 Å². The summed E-state index contributed by atoms with van der Waals surface area (Å²) in [5, 5.41) is 0.524. The molecule has 2 N–H and O–H groups in total. The number of halogens is 3. The Morgan fingerprint density at radius 2 is 1.86 bits per heavy atom. The third-order valence-electron chi connectivity index (χ3n) is 3.03. The molecule has 1 amide bonds. The molecular weight excluding hydrogens is 298 g/mol. The number of anilines is 1. The third kappa shape index (κ3) is 3.31. The average Bonchev–Trinajstić information content (AvgIpc) is 2.44. The largest absolute Gasteiger partial charge is 0.398 e. The Bertz CT molecular complexity index is 691. The smallest absolute Gasteiger partial charge is 0.256 e. The van der Waals surface area contributed by atoms with E-state index in [0.717, 1.165) is 17.7 Å². The van der Waals surface area contributed by atoms with Gasteiger partial charge in [-0.1, -0.05) is 29.8 Å². The van der Waals surface area contributed by atoms with Crippen molar-refractivity contribution in [2.24, 2.45) is 0 Å². The molecule has 3 nitrogen and oxygen atoms in total. The molecule has 0 aromatic heterocycles. The number of carbonyl (C=O) groups is 1. The quantitative estimate of drug-likeness (QED) is 0.882. The van der Waals surface area contributed by atoms with Crippen molar-refractivity contribution in [2.75, 3.05) is 12.8 Å². The minimum Gasteiger partial charge on any atom is -0.398 e. The molecular formula is C15H13ClF2N2O. The maximum atomic E-state index is 13.3. The van der Waals surface area contributed by atoms with Gasteiger partial charge in [-0.3, -0.25) is 4.79 Å².